The van der Waals surface area contributed by atoms with Crippen molar-refractivity contribution >= 4 is 5.78 Å². The van der Waals surface area contributed by atoms with E-state index in [4.69, 9.17) is 5.41 Å². The molecule has 0 aliphatic rings. The molecule has 96 valence electrons. The van der Waals surface area contributed by atoms with E-state index in [1.54, 1.807) is 9.08 Å². The Balaban J connectivity index is 2.38. The summed E-state index contributed by atoms with van der Waals surface area (Å²) in [5, 5.41) is 12.4. The van der Waals surface area contributed by atoms with Gasteiger partial charge in [-0.1, -0.05) is 25.1 Å². The monoisotopic (exact) mass is 254 g/mol. The van der Waals surface area contributed by atoms with Gasteiger partial charge in [0.15, 0.2) is 0 Å². The van der Waals surface area contributed by atoms with E-state index in [9.17, 15) is 0 Å². The van der Waals surface area contributed by atoms with Crippen LogP contribution in [0.15, 0.2) is 30.3 Å². The van der Waals surface area contributed by atoms with Crippen LogP contribution in [-0.2, 0) is 6.42 Å². The van der Waals surface area contributed by atoms with Gasteiger partial charge in [-0.15, -0.1) is 0 Å². The van der Waals surface area contributed by atoms with Crippen LogP contribution in [0.2, 0.25) is 0 Å². The van der Waals surface area contributed by atoms with Gasteiger partial charge in [-0.25, -0.2) is 4.40 Å². The summed E-state index contributed by atoms with van der Waals surface area (Å²) in [4.78, 5) is 8.64. The Morgan fingerprint density at radius 2 is 1.89 bits per heavy atom. The molecular formula is C13H14N6. The maximum absolute atomic E-state index is 7.98. The lowest BCUT2D eigenvalue weighted by Gasteiger charge is -2.02. The molecule has 0 bridgehead atoms. The first-order valence-corrected chi connectivity index (χ1v) is 6.16. The molecule has 0 aliphatic carbocycles. The van der Waals surface area contributed by atoms with Crippen molar-refractivity contribution in [3.8, 4) is 5.69 Å². The van der Waals surface area contributed by atoms with Crippen LogP contribution in [0.25, 0.3) is 11.5 Å². The lowest BCUT2D eigenvalue weighted by molar-refractivity contribution is 0.795. The summed E-state index contributed by atoms with van der Waals surface area (Å²) in [6, 6.07) is 9.78. The average molecular weight is 254 g/mol. The van der Waals surface area contributed by atoms with E-state index in [0.29, 0.717) is 23.8 Å². The van der Waals surface area contributed by atoms with E-state index < -0.39 is 0 Å². The van der Waals surface area contributed by atoms with Crippen molar-refractivity contribution in [2.24, 2.45) is 0 Å². The van der Waals surface area contributed by atoms with Gasteiger partial charge in [0.2, 0.25) is 11.4 Å². The SMILES string of the molecule is CCc1nc(=N)n2c(C)nn(-c3ccccc3)c2n1. The number of benzene rings is 1. The summed E-state index contributed by atoms with van der Waals surface area (Å²) in [6.07, 6.45) is 0.696. The molecule has 0 saturated carbocycles. The van der Waals surface area contributed by atoms with Crippen molar-refractivity contribution in [2.45, 2.75) is 20.3 Å². The number of para-hydroxylation sites is 1. The molecule has 1 aromatic carbocycles. The molecule has 0 fully saturated rings. The maximum atomic E-state index is 7.98. The number of hydrogen-bond donors (Lipinski definition) is 1. The molecule has 6 nitrogen and oxygen atoms in total. The van der Waals surface area contributed by atoms with Crippen LogP contribution in [0.5, 0.6) is 0 Å². The van der Waals surface area contributed by atoms with Crippen molar-refractivity contribution in [3.63, 3.8) is 0 Å². The quantitative estimate of drug-likeness (QED) is 0.748. The van der Waals surface area contributed by atoms with Gasteiger partial charge < -0.3 is 0 Å². The Hall–Kier alpha value is -2.50. The van der Waals surface area contributed by atoms with Gasteiger partial charge >= 0.3 is 0 Å². The molecule has 1 N–H and O–H groups in total. The zero-order valence-electron chi connectivity index (χ0n) is 10.8. The minimum absolute atomic E-state index is 0.168. The van der Waals surface area contributed by atoms with Gasteiger partial charge in [0.1, 0.15) is 11.6 Å². The Bertz CT molecular complexity index is 784. The van der Waals surface area contributed by atoms with Crippen molar-refractivity contribution in [2.75, 3.05) is 0 Å². The topological polar surface area (TPSA) is 71.9 Å². The van der Waals surface area contributed by atoms with Crippen molar-refractivity contribution < 1.29 is 0 Å². The van der Waals surface area contributed by atoms with E-state index in [-0.39, 0.29) is 5.62 Å². The normalized spacial score (nSPS) is 11.1. The standard InChI is InChI=1S/C13H14N6/c1-3-11-15-12(14)18-9(2)17-19(13(18)16-11)10-7-5-4-6-8-10/h4-8,14H,3H2,1-2H3. The second-order valence-electron chi connectivity index (χ2n) is 4.25. The van der Waals surface area contributed by atoms with Crippen LogP contribution in [-0.4, -0.2) is 24.1 Å². The predicted octanol–water partition coefficient (Wildman–Crippen LogP) is 1.27. The highest BCUT2D eigenvalue weighted by Gasteiger charge is 2.12. The minimum Gasteiger partial charge on any atom is -0.267 e. The minimum atomic E-state index is 0.168. The van der Waals surface area contributed by atoms with Gasteiger partial charge in [0.25, 0.3) is 0 Å². The van der Waals surface area contributed by atoms with Crippen LogP contribution < -0.4 is 5.62 Å². The highest BCUT2D eigenvalue weighted by atomic mass is 15.4. The number of fused-ring (bicyclic) bond motifs is 1. The third-order valence-corrected chi connectivity index (χ3v) is 2.95. The van der Waals surface area contributed by atoms with Crippen LogP contribution in [0.4, 0.5) is 0 Å². The highest BCUT2D eigenvalue weighted by molar-refractivity contribution is 5.41. The fourth-order valence-electron chi connectivity index (χ4n) is 2.03. The molecule has 19 heavy (non-hydrogen) atoms. The lowest BCUT2D eigenvalue weighted by Crippen LogP contribution is -2.21. The zero-order chi connectivity index (χ0) is 13.4. The van der Waals surface area contributed by atoms with E-state index in [1.165, 1.54) is 0 Å². The Kier molecular flexibility index (Phi) is 2.63. The second-order valence-corrected chi connectivity index (χ2v) is 4.25. The second kappa shape index (κ2) is 4.31. The first-order valence-electron chi connectivity index (χ1n) is 6.16. The third-order valence-electron chi connectivity index (χ3n) is 2.95. The van der Waals surface area contributed by atoms with Crippen molar-refractivity contribution in [1.82, 2.24) is 24.1 Å². The Labute approximate surface area is 109 Å². The summed E-state index contributed by atoms with van der Waals surface area (Å²) < 4.78 is 3.39. The molecule has 3 aromatic rings. The van der Waals surface area contributed by atoms with E-state index >= 15 is 0 Å². The van der Waals surface area contributed by atoms with E-state index in [2.05, 4.69) is 15.1 Å². The molecule has 0 atom stereocenters. The maximum Gasteiger partial charge on any atom is 0.241 e. The molecule has 0 aliphatic heterocycles. The first-order chi connectivity index (χ1) is 9.20. The van der Waals surface area contributed by atoms with Crippen LogP contribution >= 0.6 is 0 Å². The van der Waals surface area contributed by atoms with Crippen molar-refractivity contribution in [1.29, 1.82) is 5.41 Å². The Morgan fingerprint density at radius 1 is 1.16 bits per heavy atom. The number of nitrogens with one attached hydrogen (secondary N) is 1. The molecular weight excluding hydrogens is 240 g/mol. The van der Waals surface area contributed by atoms with Gasteiger partial charge in [0.05, 0.1) is 5.69 Å². The van der Waals surface area contributed by atoms with E-state index in [1.807, 2.05) is 44.2 Å². The zero-order valence-corrected chi connectivity index (χ0v) is 10.8. The fraction of sp³-hybridized carbons (Fsp3) is 0.231. The molecule has 3 rings (SSSR count). The van der Waals surface area contributed by atoms with Crippen LogP contribution in [0.3, 0.4) is 0 Å². The molecule has 2 heterocycles. The molecule has 0 unspecified atom stereocenters. The predicted molar refractivity (Wildman–Crippen MR) is 70.1 cm³/mol. The number of aromatic nitrogens is 5. The van der Waals surface area contributed by atoms with Crippen LogP contribution in [0, 0.1) is 12.3 Å². The number of nitrogens with zero attached hydrogens (tertiary/aromatic N) is 5. The fourth-order valence-corrected chi connectivity index (χ4v) is 2.03. The lowest BCUT2D eigenvalue weighted by atomic mass is 10.3. The largest absolute Gasteiger partial charge is 0.267 e. The van der Waals surface area contributed by atoms with Gasteiger partial charge in [-0.3, -0.25) is 5.41 Å². The molecule has 6 heteroatoms. The van der Waals surface area contributed by atoms with Crippen LogP contribution in [0.1, 0.15) is 18.6 Å². The van der Waals surface area contributed by atoms with Crippen molar-refractivity contribution in [3.05, 3.63) is 47.6 Å². The summed E-state index contributed by atoms with van der Waals surface area (Å²) in [7, 11) is 0. The average Bonchev–Trinajstić information content (AvgIpc) is 2.77. The summed E-state index contributed by atoms with van der Waals surface area (Å²) in [5.41, 5.74) is 1.09. The summed E-state index contributed by atoms with van der Waals surface area (Å²) >= 11 is 0. The van der Waals surface area contributed by atoms with Gasteiger partial charge in [-0.05, 0) is 19.1 Å². The van der Waals surface area contributed by atoms with Gasteiger partial charge in [0, 0.05) is 6.42 Å². The van der Waals surface area contributed by atoms with E-state index in [0.717, 1.165) is 5.69 Å². The number of aryl methyl sites for hydroxylation is 2. The molecule has 0 saturated heterocycles. The number of hydrogen-bond acceptors (Lipinski definition) is 4. The molecule has 0 spiro atoms. The number of rotatable bonds is 2. The first kappa shape index (κ1) is 11.6. The summed E-state index contributed by atoms with van der Waals surface area (Å²) in [6.45, 7) is 3.82. The molecule has 0 amide bonds. The summed E-state index contributed by atoms with van der Waals surface area (Å²) in [5.74, 6) is 1.98. The smallest absolute Gasteiger partial charge is 0.241 e. The Morgan fingerprint density at radius 3 is 2.58 bits per heavy atom. The third kappa shape index (κ3) is 1.81. The molecule has 0 radical (unpaired) electrons. The highest BCUT2D eigenvalue weighted by Crippen LogP contribution is 2.10. The molecule has 2 aromatic heterocycles. The van der Waals surface area contributed by atoms with Gasteiger partial charge in [-0.2, -0.15) is 19.7 Å².